The van der Waals surface area contributed by atoms with E-state index in [4.69, 9.17) is 27.6 Å². The normalized spacial score (nSPS) is 19.8. The fourth-order valence-electron chi connectivity index (χ4n) is 2.31. The molecule has 1 aliphatic heterocycles. The Labute approximate surface area is 136 Å². The molecule has 1 amide bonds. The molecule has 11 heteroatoms. The van der Waals surface area contributed by atoms with Gasteiger partial charge in [0.05, 0.1) is 32.1 Å². The van der Waals surface area contributed by atoms with Crippen LogP contribution in [-0.4, -0.2) is 75.1 Å². The average molecular weight is 331 g/mol. The number of carbonyl (C=O) groups is 1. The van der Waals surface area contributed by atoms with Gasteiger partial charge in [0, 0.05) is 32.6 Å². The lowest BCUT2D eigenvalue weighted by atomic mass is 10.2. The van der Waals surface area contributed by atoms with Gasteiger partial charge in [-0.2, -0.15) is 5.11 Å². The van der Waals surface area contributed by atoms with Crippen molar-refractivity contribution in [2.45, 2.75) is 24.8 Å². The van der Waals surface area contributed by atoms with Crippen LogP contribution in [0.25, 0.3) is 0 Å². The minimum absolute atomic E-state index is 0.0403. The first-order valence-corrected chi connectivity index (χ1v) is 7.72. The molecule has 0 aromatic heterocycles. The molecule has 11 nitrogen and oxygen atoms in total. The lowest BCUT2D eigenvalue weighted by Crippen LogP contribution is -2.56. The van der Waals surface area contributed by atoms with Gasteiger partial charge in [-0.15, -0.1) is 0 Å². The molecule has 0 aromatic rings. The molecule has 0 aliphatic carbocycles. The van der Waals surface area contributed by atoms with Crippen LogP contribution in [0.3, 0.4) is 0 Å². The van der Waals surface area contributed by atoms with Gasteiger partial charge in [-0.1, -0.05) is 0 Å². The first-order chi connectivity index (χ1) is 11.1. The number of hydrazine groups is 1. The fraction of sp³-hybridized carbons (Fsp3) is 0.917. The zero-order valence-electron chi connectivity index (χ0n) is 13.3. The number of hydrogen-bond acceptors (Lipinski definition) is 10. The van der Waals surface area contributed by atoms with Crippen LogP contribution in [0.5, 0.6) is 0 Å². The smallest absolute Gasteiger partial charge is 0.240 e. The number of nitrogens with two attached hydrogens (primary N) is 3. The summed E-state index contributed by atoms with van der Waals surface area (Å²) >= 11 is 0. The van der Waals surface area contributed by atoms with Crippen molar-refractivity contribution < 1.29 is 9.53 Å². The highest BCUT2D eigenvalue weighted by atomic mass is 16.5. The van der Waals surface area contributed by atoms with E-state index in [0.29, 0.717) is 32.7 Å². The molecular weight excluding hydrogens is 302 g/mol. The van der Waals surface area contributed by atoms with Crippen LogP contribution in [-0.2, 0) is 9.53 Å². The van der Waals surface area contributed by atoms with Crippen molar-refractivity contribution in [3.63, 3.8) is 0 Å². The summed E-state index contributed by atoms with van der Waals surface area (Å²) in [5.74, 6) is 4.87. The lowest BCUT2D eigenvalue weighted by Gasteiger charge is -2.33. The van der Waals surface area contributed by atoms with Crippen LogP contribution >= 0.6 is 0 Å². The van der Waals surface area contributed by atoms with Crippen molar-refractivity contribution in [1.29, 1.82) is 5.53 Å². The molecule has 0 saturated carbocycles. The number of morpholine rings is 1. The summed E-state index contributed by atoms with van der Waals surface area (Å²) in [6.07, 6.45) is -0.369. The van der Waals surface area contributed by atoms with Crippen LogP contribution in [0.4, 0.5) is 0 Å². The maximum absolute atomic E-state index is 12.2. The molecular formula is C12H29N9O2. The monoisotopic (exact) mass is 331 g/mol. The molecule has 0 aromatic carbocycles. The number of nitrogens with zero attached hydrogens (tertiary/aromatic N) is 2. The van der Waals surface area contributed by atoms with E-state index >= 15 is 0 Å². The fourth-order valence-corrected chi connectivity index (χ4v) is 2.31. The Morgan fingerprint density at radius 3 is 2.61 bits per heavy atom. The Balaban J connectivity index is 2.37. The van der Waals surface area contributed by atoms with Crippen molar-refractivity contribution >= 4 is 5.91 Å². The standard InChI is InChI=1S/C12H29N9O2/c13-10(7-11(14)21-3-5-23-6-4-21)20-12(22)9(8-19-16)17-1-2-18-15/h9-11,16-18H,1-8,13-15H2,(H,20,22). The molecule has 3 atom stereocenters. The second-order valence-electron chi connectivity index (χ2n) is 5.37. The van der Waals surface area contributed by atoms with Gasteiger partial charge < -0.3 is 26.8 Å². The number of ether oxygens (including phenoxy) is 1. The van der Waals surface area contributed by atoms with E-state index in [-0.39, 0.29) is 18.6 Å². The van der Waals surface area contributed by atoms with Crippen LogP contribution in [0.1, 0.15) is 6.42 Å². The van der Waals surface area contributed by atoms with E-state index in [2.05, 4.69) is 26.1 Å². The molecule has 1 rings (SSSR count). The topological polar surface area (TPSA) is 180 Å². The minimum Gasteiger partial charge on any atom is -0.379 e. The number of amides is 1. The number of nitrogens with one attached hydrogen (secondary N) is 4. The molecule has 1 fully saturated rings. The highest BCUT2D eigenvalue weighted by Crippen LogP contribution is 2.04. The number of rotatable bonds is 11. The zero-order valence-corrected chi connectivity index (χ0v) is 13.3. The summed E-state index contributed by atoms with van der Waals surface area (Å²) < 4.78 is 5.28. The summed E-state index contributed by atoms with van der Waals surface area (Å²) in [4.78, 5) is 14.3. The Morgan fingerprint density at radius 1 is 1.30 bits per heavy atom. The van der Waals surface area contributed by atoms with Gasteiger partial charge in [0.2, 0.25) is 5.91 Å². The Morgan fingerprint density at radius 2 is 2.00 bits per heavy atom. The molecule has 23 heavy (non-hydrogen) atoms. The maximum atomic E-state index is 12.2. The van der Waals surface area contributed by atoms with E-state index in [1.165, 1.54) is 0 Å². The van der Waals surface area contributed by atoms with Gasteiger partial charge in [0.1, 0.15) is 6.04 Å². The van der Waals surface area contributed by atoms with E-state index in [1.807, 2.05) is 0 Å². The average Bonchev–Trinajstić information content (AvgIpc) is 2.54. The highest BCUT2D eigenvalue weighted by Gasteiger charge is 2.23. The lowest BCUT2D eigenvalue weighted by molar-refractivity contribution is -0.123. The molecule has 3 unspecified atom stereocenters. The first-order valence-electron chi connectivity index (χ1n) is 7.72. The molecule has 0 spiro atoms. The van der Waals surface area contributed by atoms with Crippen molar-refractivity contribution in [1.82, 2.24) is 21.0 Å². The second kappa shape index (κ2) is 11.3. The molecule has 1 aliphatic rings. The third kappa shape index (κ3) is 7.74. The summed E-state index contributed by atoms with van der Waals surface area (Å²) in [5.41, 5.74) is 21.5. The van der Waals surface area contributed by atoms with E-state index in [1.54, 1.807) is 0 Å². The van der Waals surface area contributed by atoms with Crippen LogP contribution in [0.15, 0.2) is 5.11 Å². The van der Waals surface area contributed by atoms with Gasteiger partial charge in [0.25, 0.3) is 0 Å². The molecule has 1 saturated heterocycles. The Bertz CT molecular complexity index is 351. The van der Waals surface area contributed by atoms with Crippen molar-refractivity contribution in [3.05, 3.63) is 0 Å². The largest absolute Gasteiger partial charge is 0.379 e. The minimum atomic E-state index is -0.619. The molecule has 0 radical (unpaired) electrons. The van der Waals surface area contributed by atoms with E-state index in [9.17, 15) is 4.79 Å². The van der Waals surface area contributed by atoms with Gasteiger partial charge in [-0.25, -0.2) is 5.53 Å². The molecule has 134 valence electrons. The Hall–Kier alpha value is -1.21. The summed E-state index contributed by atoms with van der Waals surface area (Å²) in [6, 6.07) is -0.619. The molecule has 0 bridgehead atoms. The van der Waals surface area contributed by atoms with Crippen LogP contribution < -0.4 is 33.4 Å². The maximum Gasteiger partial charge on any atom is 0.240 e. The zero-order chi connectivity index (χ0) is 17.1. The quantitative estimate of drug-likeness (QED) is 0.0681. The second-order valence-corrected chi connectivity index (χ2v) is 5.37. The third-order valence-corrected chi connectivity index (χ3v) is 3.59. The SMILES string of the molecule is N=NCC(NCCNN)C(=O)NC(N)CC(N)N1CCOCC1. The summed E-state index contributed by atoms with van der Waals surface area (Å²) in [7, 11) is 0. The third-order valence-electron chi connectivity index (χ3n) is 3.59. The van der Waals surface area contributed by atoms with Crippen molar-refractivity contribution in [2.75, 3.05) is 45.9 Å². The Kier molecular flexibility index (Phi) is 9.78. The van der Waals surface area contributed by atoms with Gasteiger partial charge in [0.15, 0.2) is 0 Å². The van der Waals surface area contributed by atoms with Gasteiger partial charge >= 0.3 is 0 Å². The molecule has 10 N–H and O–H groups in total. The predicted molar refractivity (Wildman–Crippen MR) is 85.1 cm³/mol. The summed E-state index contributed by atoms with van der Waals surface area (Å²) in [5, 5.41) is 8.93. The van der Waals surface area contributed by atoms with Crippen LogP contribution in [0, 0.1) is 5.53 Å². The van der Waals surface area contributed by atoms with Crippen molar-refractivity contribution in [3.8, 4) is 0 Å². The van der Waals surface area contributed by atoms with E-state index in [0.717, 1.165) is 13.1 Å². The molecule has 1 heterocycles. The predicted octanol–water partition coefficient (Wildman–Crippen LogP) is -3.15. The van der Waals surface area contributed by atoms with Gasteiger partial charge in [-0.05, 0) is 0 Å². The summed E-state index contributed by atoms with van der Waals surface area (Å²) in [6.45, 7) is 3.84. The number of hydrogen-bond donors (Lipinski definition) is 7. The van der Waals surface area contributed by atoms with Crippen molar-refractivity contribution in [2.24, 2.45) is 22.4 Å². The van der Waals surface area contributed by atoms with Gasteiger partial charge in [-0.3, -0.25) is 21.0 Å². The number of carbonyl (C=O) groups excluding carboxylic acids is 1. The van der Waals surface area contributed by atoms with E-state index < -0.39 is 12.2 Å². The highest BCUT2D eigenvalue weighted by molar-refractivity contribution is 5.82. The van der Waals surface area contributed by atoms with Crippen LogP contribution in [0.2, 0.25) is 0 Å². The first kappa shape index (κ1) is 19.8.